The molecule has 1 aliphatic heterocycles. The first-order chi connectivity index (χ1) is 9.99. The summed E-state index contributed by atoms with van der Waals surface area (Å²) in [6.45, 7) is 0.716. The standard InChI is InChI=1S/C15H17F2NO3/c16-12-5-1-3-10(14(12)17)6-7-13(19)18-8-2-4-11(9-18)15(20)21/h1,3,5,11H,2,4,6-9H2,(H,20,21)/t11-/m1/s1. The van der Waals surface area contributed by atoms with Crippen LogP contribution < -0.4 is 0 Å². The Balaban J connectivity index is 1.92. The van der Waals surface area contributed by atoms with Crippen molar-refractivity contribution in [3.8, 4) is 0 Å². The maximum Gasteiger partial charge on any atom is 0.308 e. The summed E-state index contributed by atoms with van der Waals surface area (Å²) >= 11 is 0. The fraction of sp³-hybridized carbons (Fsp3) is 0.467. The Labute approximate surface area is 121 Å². The molecule has 6 heteroatoms. The molecule has 1 N–H and O–H groups in total. The van der Waals surface area contributed by atoms with E-state index in [1.165, 1.54) is 17.0 Å². The highest BCUT2D eigenvalue weighted by Crippen LogP contribution is 2.19. The number of aliphatic carboxylic acids is 1. The minimum absolute atomic E-state index is 0.0483. The van der Waals surface area contributed by atoms with E-state index in [4.69, 9.17) is 5.11 Å². The van der Waals surface area contributed by atoms with Crippen molar-refractivity contribution < 1.29 is 23.5 Å². The van der Waals surface area contributed by atoms with Gasteiger partial charge in [-0.15, -0.1) is 0 Å². The van der Waals surface area contributed by atoms with Crippen LogP contribution in [-0.4, -0.2) is 35.0 Å². The zero-order valence-corrected chi connectivity index (χ0v) is 11.5. The zero-order valence-electron chi connectivity index (χ0n) is 11.5. The Kier molecular flexibility index (Phi) is 4.88. The number of carbonyl (C=O) groups excluding carboxylic acids is 1. The van der Waals surface area contributed by atoms with Crippen LogP contribution in [0.4, 0.5) is 8.78 Å². The molecule has 0 aliphatic carbocycles. The van der Waals surface area contributed by atoms with Crippen molar-refractivity contribution in [2.45, 2.75) is 25.7 Å². The number of amides is 1. The van der Waals surface area contributed by atoms with Crippen LogP contribution in [-0.2, 0) is 16.0 Å². The van der Waals surface area contributed by atoms with Gasteiger partial charge in [-0.05, 0) is 30.9 Å². The number of benzene rings is 1. The van der Waals surface area contributed by atoms with Crippen LogP contribution in [0.5, 0.6) is 0 Å². The van der Waals surface area contributed by atoms with Crippen LogP contribution in [0.2, 0.25) is 0 Å². The van der Waals surface area contributed by atoms with E-state index >= 15 is 0 Å². The molecule has 114 valence electrons. The summed E-state index contributed by atoms with van der Waals surface area (Å²) < 4.78 is 26.5. The number of likely N-dealkylation sites (tertiary alicyclic amines) is 1. The molecule has 0 unspecified atom stereocenters. The Morgan fingerprint density at radius 1 is 1.33 bits per heavy atom. The predicted octanol–water partition coefficient (Wildman–Crippen LogP) is 2.22. The van der Waals surface area contributed by atoms with Gasteiger partial charge in [-0.1, -0.05) is 12.1 Å². The molecule has 0 spiro atoms. The Bertz CT molecular complexity index is 548. The lowest BCUT2D eigenvalue weighted by Gasteiger charge is -2.30. The van der Waals surface area contributed by atoms with Crippen molar-refractivity contribution in [2.24, 2.45) is 5.92 Å². The number of carboxylic acids is 1. The first kappa shape index (κ1) is 15.4. The van der Waals surface area contributed by atoms with E-state index in [0.29, 0.717) is 19.4 Å². The lowest BCUT2D eigenvalue weighted by Crippen LogP contribution is -2.42. The van der Waals surface area contributed by atoms with E-state index in [-0.39, 0.29) is 30.9 Å². The molecule has 1 atom stereocenters. The molecule has 1 fully saturated rings. The third-order valence-electron chi connectivity index (χ3n) is 3.76. The molecule has 2 rings (SSSR count). The first-order valence-corrected chi connectivity index (χ1v) is 6.92. The molecule has 1 aromatic carbocycles. The summed E-state index contributed by atoms with van der Waals surface area (Å²) in [6, 6.07) is 3.88. The monoisotopic (exact) mass is 297 g/mol. The number of hydrogen-bond acceptors (Lipinski definition) is 2. The van der Waals surface area contributed by atoms with Crippen LogP contribution in [0.15, 0.2) is 18.2 Å². The van der Waals surface area contributed by atoms with Crippen LogP contribution in [0.1, 0.15) is 24.8 Å². The third kappa shape index (κ3) is 3.77. The maximum atomic E-state index is 13.5. The molecule has 0 bridgehead atoms. The molecule has 0 aromatic heterocycles. The van der Waals surface area contributed by atoms with Crippen molar-refractivity contribution in [3.63, 3.8) is 0 Å². The number of carbonyl (C=O) groups is 2. The Hall–Kier alpha value is -1.98. The Morgan fingerprint density at radius 3 is 2.81 bits per heavy atom. The minimum Gasteiger partial charge on any atom is -0.481 e. The van der Waals surface area contributed by atoms with Gasteiger partial charge < -0.3 is 10.0 Å². The zero-order chi connectivity index (χ0) is 15.4. The van der Waals surface area contributed by atoms with Gasteiger partial charge in [0.2, 0.25) is 5.91 Å². The van der Waals surface area contributed by atoms with Crippen molar-refractivity contribution in [2.75, 3.05) is 13.1 Å². The highest BCUT2D eigenvalue weighted by atomic mass is 19.2. The second-order valence-corrected chi connectivity index (χ2v) is 5.23. The highest BCUT2D eigenvalue weighted by molar-refractivity contribution is 5.78. The van der Waals surface area contributed by atoms with Crippen LogP contribution in [0, 0.1) is 17.6 Å². The van der Waals surface area contributed by atoms with Crippen LogP contribution in [0.3, 0.4) is 0 Å². The summed E-state index contributed by atoms with van der Waals surface area (Å²) in [5, 5.41) is 8.98. The average Bonchev–Trinajstić information content (AvgIpc) is 2.48. The summed E-state index contributed by atoms with van der Waals surface area (Å²) in [5.74, 6) is -3.50. The quantitative estimate of drug-likeness (QED) is 0.927. The lowest BCUT2D eigenvalue weighted by atomic mass is 9.97. The molecular weight excluding hydrogens is 280 g/mol. The molecule has 1 aromatic rings. The van der Waals surface area contributed by atoms with Crippen LogP contribution in [0.25, 0.3) is 0 Å². The fourth-order valence-corrected chi connectivity index (χ4v) is 2.55. The second kappa shape index (κ2) is 6.65. The second-order valence-electron chi connectivity index (χ2n) is 5.23. The summed E-state index contributed by atoms with van der Waals surface area (Å²) in [6.07, 6.45) is 1.37. The summed E-state index contributed by atoms with van der Waals surface area (Å²) in [4.78, 5) is 24.5. The van der Waals surface area contributed by atoms with Crippen molar-refractivity contribution in [3.05, 3.63) is 35.4 Å². The molecule has 4 nitrogen and oxygen atoms in total. The predicted molar refractivity (Wildman–Crippen MR) is 71.6 cm³/mol. The average molecular weight is 297 g/mol. The molecule has 1 saturated heterocycles. The van der Waals surface area contributed by atoms with Gasteiger partial charge >= 0.3 is 5.97 Å². The van der Waals surface area contributed by atoms with Crippen LogP contribution >= 0.6 is 0 Å². The minimum atomic E-state index is -0.927. The number of hydrogen-bond donors (Lipinski definition) is 1. The van der Waals surface area contributed by atoms with Gasteiger partial charge in [0.1, 0.15) is 0 Å². The fourth-order valence-electron chi connectivity index (χ4n) is 2.55. The first-order valence-electron chi connectivity index (χ1n) is 6.92. The molecule has 1 amide bonds. The Morgan fingerprint density at radius 2 is 2.10 bits per heavy atom. The number of halogens is 2. The molecule has 1 aliphatic rings. The number of aryl methyl sites for hydroxylation is 1. The molecule has 0 saturated carbocycles. The topological polar surface area (TPSA) is 57.6 Å². The van der Waals surface area contributed by atoms with Gasteiger partial charge in [-0.2, -0.15) is 0 Å². The molecular formula is C15H17F2NO3. The molecule has 21 heavy (non-hydrogen) atoms. The van der Waals surface area contributed by atoms with E-state index in [1.54, 1.807) is 0 Å². The SMILES string of the molecule is O=C(O)[C@@H]1CCCN(C(=O)CCc2cccc(F)c2F)C1. The smallest absolute Gasteiger partial charge is 0.308 e. The molecule has 0 radical (unpaired) electrons. The van der Waals surface area contributed by atoms with E-state index in [0.717, 1.165) is 6.07 Å². The normalized spacial score (nSPS) is 18.6. The number of piperidine rings is 1. The van der Waals surface area contributed by atoms with E-state index < -0.39 is 23.5 Å². The van der Waals surface area contributed by atoms with E-state index in [2.05, 4.69) is 0 Å². The largest absolute Gasteiger partial charge is 0.481 e. The summed E-state index contributed by atoms with van der Waals surface area (Å²) in [5.41, 5.74) is 0.162. The van der Waals surface area contributed by atoms with E-state index in [9.17, 15) is 18.4 Å². The van der Waals surface area contributed by atoms with Crippen molar-refractivity contribution in [1.29, 1.82) is 0 Å². The maximum absolute atomic E-state index is 13.5. The van der Waals surface area contributed by atoms with Gasteiger partial charge in [-0.25, -0.2) is 8.78 Å². The third-order valence-corrected chi connectivity index (χ3v) is 3.76. The number of rotatable bonds is 4. The van der Waals surface area contributed by atoms with Gasteiger partial charge in [-0.3, -0.25) is 9.59 Å². The number of nitrogens with zero attached hydrogens (tertiary/aromatic N) is 1. The van der Waals surface area contributed by atoms with Gasteiger partial charge in [0.05, 0.1) is 5.92 Å². The number of carboxylic acid groups (broad SMARTS) is 1. The van der Waals surface area contributed by atoms with Gasteiger partial charge in [0, 0.05) is 19.5 Å². The molecule has 1 heterocycles. The lowest BCUT2D eigenvalue weighted by molar-refractivity contribution is -0.145. The van der Waals surface area contributed by atoms with Crippen molar-refractivity contribution >= 4 is 11.9 Å². The van der Waals surface area contributed by atoms with E-state index in [1.807, 2.05) is 0 Å². The highest BCUT2D eigenvalue weighted by Gasteiger charge is 2.27. The summed E-state index contributed by atoms with van der Waals surface area (Å²) in [7, 11) is 0. The van der Waals surface area contributed by atoms with Crippen molar-refractivity contribution in [1.82, 2.24) is 4.90 Å². The van der Waals surface area contributed by atoms with Gasteiger partial charge in [0.25, 0.3) is 0 Å². The van der Waals surface area contributed by atoms with Gasteiger partial charge in [0.15, 0.2) is 11.6 Å².